The number of hydrogen-bond acceptors (Lipinski definition) is 1. The van der Waals surface area contributed by atoms with Gasteiger partial charge < -0.3 is 5.32 Å². The van der Waals surface area contributed by atoms with Gasteiger partial charge in [-0.25, -0.2) is 0 Å². The van der Waals surface area contributed by atoms with Gasteiger partial charge in [0.1, 0.15) is 0 Å². The van der Waals surface area contributed by atoms with Gasteiger partial charge in [0.05, 0.1) is 0 Å². The summed E-state index contributed by atoms with van der Waals surface area (Å²) in [6, 6.07) is 0. The molecule has 2 aliphatic rings. The van der Waals surface area contributed by atoms with E-state index in [0.717, 1.165) is 17.8 Å². The van der Waals surface area contributed by atoms with Crippen LogP contribution < -0.4 is 5.32 Å². The standard InChI is InChI=1S/C12H23N/c1-10-4-2-6-12(10)11-5-3-8-13-9-7-11/h10-13H,2-9H2,1H3. The third-order valence-corrected chi connectivity index (χ3v) is 4.15. The van der Waals surface area contributed by atoms with Crippen LogP contribution in [0.25, 0.3) is 0 Å². The summed E-state index contributed by atoms with van der Waals surface area (Å²) in [5, 5.41) is 3.52. The molecule has 0 aromatic rings. The van der Waals surface area contributed by atoms with E-state index in [0.29, 0.717) is 0 Å². The van der Waals surface area contributed by atoms with Crippen molar-refractivity contribution in [1.82, 2.24) is 5.32 Å². The summed E-state index contributed by atoms with van der Waals surface area (Å²) in [7, 11) is 0. The van der Waals surface area contributed by atoms with Gasteiger partial charge in [0, 0.05) is 0 Å². The summed E-state index contributed by atoms with van der Waals surface area (Å²) in [5.74, 6) is 3.13. The van der Waals surface area contributed by atoms with E-state index in [2.05, 4.69) is 12.2 Å². The molecule has 1 N–H and O–H groups in total. The highest BCUT2D eigenvalue weighted by Gasteiger charge is 2.30. The van der Waals surface area contributed by atoms with Crippen LogP contribution in [-0.4, -0.2) is 13.1 Å². The fourth-order valence-electron chi connectivity index (χ4n) is 3.35. The summed E-state index contributed by atoms with van der Waals surface area (Å²) in [4.78, 5) is 0. The summed E-state index contributed by atoms with van der Waals surface area (Å²) in [6.07, 6.45) is 8.85. The molecule has 1 saturated carbocycles. The molecule has 1 aliphatic heterocycles. The monoisotopic (exact) mass is 181 g/mol. The second-order valence-electron chi connectivity index (χ2n) is 5.01. The summed E-state index contributed by atoms with van der Waals surface area (Å²) >= 11 is 0. The van der Waals surface area contributed by atoms with Crippen LogP contribution in [-0.2, 0) is 0 Å². The van der Waals surface area contributed by atoms with Gasteiger partial charge in [-0.3, -0.25) is 0 Å². The van der Waals surface area contributed by atoms with Crippen molar-refractivity contribution in [1.29, 1.82) is 0 Å². The average molecular weight is 181 g/mol. The molecule has 0 aromatic heterocycles. The molecule has 1 heteroatoms. The van der Waals surface area contributed by atoms with E-state index in [9.17, 15) is 0 Å². The van der Waals surface area contributed by atoms with Crippen molar-refractivity contribution in [3.8, 4) is 0 Å². The van der Waals surface area contributed by atoms with Crippen molar-refractivity contribution >= 4 is 0 Å². The SMILES string of the molecule is CC1CCCC1C1CCCNCC1. The van der Waals surface area contributed by atoms with E-state index in [1.807, 2.05) is 0 Å². The molecule has 1 saturated heterocycles. The molecule has 2 fully saturated rings. The fourth-order valence-corrected chi connectivity index (χ4v) is 3.35. The number of hydrogen-bond donors (Lipinski definition) is 1. The van der Waals surface area contributed by atoms with Gasteiger partial charge >= 0.3 is 0 Å². The zero-order chi connectivity index (χ0) is 9.10. The molecule has 3 atom stereocenters. The Morgan fingerprint density at radius 2 is 1.85 bits per heavy atom. The Balaban J connectivity index is 1.89. The first-order chi connectivity index (χ1) is 6.38. The maximum absolute atomic E-state index is 3.52. The van der Waals surface area contributed by atoms with Crippen LogP contribution in [0.5, 0.6) is 0 Å². The molecular formula is C12H23N. The second kappa shape index (κ2) is 4.45. The Kier molecular flexibility index (Phi) is 3.26. The molecule has 13 heavy (non-hydrogen) atoms. The quantitative estimate of drug-likeness (QED) is 0.656. The highest BCUT2D eigenvalue weighted by Crippen LogP contribution is 2.40. The lowest BCUT2D eigenvalue weighted by Crippen LogP contribution is -2.19. The van der Waals surface area contributed by atoms with Gasteiger partial charge in [0.2, 0.25) is 0 Å². The van der Waals surface area contributed by atoms with Crippen LogP contribution in [0, 0.1) is 17.8 Å². The van der Waals surface area contributed by atoms with E-state index in [1.165, 1.54) is 51.6 Å². The topological polar surface area (TPSA) is 12.0 Å². The minimum Gasteiger partial charge on any atom is -0.317 e. The van der Waals surface area contributed by atoms with Gasteiger partial charge in [-0.1, -0.05) is 19.8 Å². The molecule has 0 aromatic carbocycles. The van der Waals surface area contributed by atoms with Crippen molar-refractivity contribution in [3.05, 3.63) is 0 Å². The van der Waals surface area contributed by atoms with Crippen molar-refractivity contribution in [3.63, 3.8) is 0 Å². The molecule has 0 spiro atoms. The van der Waals surface area contributed by atoms with Crippen LogP contribution in [0.15, 0.2) is 0 Å². The van der Waals surface area contributed by atoms with Crippen LogP contribution in [0.4, 0.5) is 0 Å². The third kappa shape index (κ3) is 2.25. The lowest BCUT2D eigenvalue weighted by molar-refractivity contribution is 0.253. The van der Waals surface area contributed by atoms with Gasteiger partial charge in [-0.2, -0.15) is 0 Å². The predicted molar refractivity (Wildman–Crippen MR) is 56.7 cm³/mol. The summed E-state index contributed by atoms with van der Waals surface area (Å²) in [6.45, 7) is 5.00. The van der Waals surface area contributed by atoms with Crippen LogP contribution in [0.3, 0.4) is 0 Å². The van der Waals surface area contributed by atoms with Gasteiger partial charge in [-0.15, -0.1) is 0 Å². The van der Waals surface area contributed by atoms with E-state index < -0.39 is 0 Å². The Bertz CT molecular complexity index is 147. The average Bonchev–Trinajstić information content (AvgIpc) is 2.43. The molecule has 3 unspecified atom stereocenters. The van der Waals surface area contributed by atoms with Gasteiger partial charge in [0.25, 0.3) is 0 Å². The molecule has 0 bridgehead atoms. The molecule has 1 heterocycles. The smallest absolute Gasteiger partial charge is 0.00462 e. The van der Waals surface area contributed by atoms with E-state index >= 15 is 0 Å². The zero-order valence-electron chi connectivity index (χ0n) is 8.89. The zero-order valence-corrected chi connectivity index (χ0v) is 8.89. The van der Waals surface area contributed by atoms with Crippen LogP contribution in [0.2, 0.25) is 0 Å². The van der Waals surface area contributed by atoms with E-state index in [4.69, 9.17) is 0 Å². The van der Waals surface area contributed by atoms with Crippen LogP contribution >= 0.6 is 0 Å². The Morgan fingerprint density at radius 3 is 2.62 bits per heavy atom. The highest BCUT2D eigenvalue weighted by molar-refractivity contribution is 4.82. The molecule has 0 amide bonds. The number of nitrogens with one attached hydrogen (secondary N) is 1. The normalized spacial score (nSPS) is 41.8. The van der Waals surface area contributed by atoms with Crippen LogP contribution in [0.1, 0.15) is 45.4 Å². The minimum atomic E-state index is 1.02. The van der Waals surface area contributed by atoms with Gasteiger partial charge in [0.15, 0.2) is 0 Å². The molecular weight excluding hydrogens is 158 g/mol. The maximum atomic E-state index is 3.52. The first-order valence-electron chi connectivity index (χ1n) is 6.08. The third-order valence-electron chi connectivity index (χ3n) is 4.15. The molecule has 2 rings (SSSR count). The Labute approximate surface area is 82.3 Å². The highest BCUT2D eigenvalue weighted by atomic mass is 14.8. The Morgan fingerprint density at radius 1 is 0.923 bits per heavy atom. The Hall–Kier alpha value is -0.0400. The minimum absolute atomic E-state index is 1.02. The maximum Gasteiger partial charge on any atom is -0.00462 e. The first kappa shape index (κ1) is 9.51. The van der Waals surface area contributed by atoms with Crippen molar-refractivity contribution in [2.24, 2.45) is 17.8 Å². The lowest BCUT2D eigenvalue weighted by atomic mass is 9.80. The molecule has 1 nitrogen and oxygen atoms in total. The fraction of sp³-hybridized carbons (Fsp3) is 1.00. The van der Waals surface area contributed by atoms with Crippen molar-refractivity contribution in [2.75, 3.05) is 13.1 Å². The predicted octanol–water partition coefficient (Wildman–Crippen LogP) is 2.81. The van der Waals surface area contributed by atoms with E-state index in [-0.39, 0.29) is 0 Å². The van der Waals surface area contributed by atoms with Crippen molar-refractivity contribution in [2.45, 2.75) is 45.4 Å². The number of rotatable bonds is 1. The van der Waals surface area contributed by atoms with Gasteiger partial charge in [-0.05, 0) is 56.5 Å². The molecule has 1 aliphatic carbocycles. The summed E-state index contributed by atoms with van der Waals surface area (Å²) in [5.41, 5.74) is 0. The lowest BCUT2D eigenvalue weighted by Gasteiger charge is -2.25. The first-order valence-corrected chi connectivity index (χ1v) is 6.08. The van der Waals surface area contributed by atoms with Crippen molar-refractivity contribution < 1.29 is 0 Å². The summed E-state index contributed by atoms with van der Waals surface area (Å²) < 4.78 is 0. The van der Waals surface area contributed by atoms with E-state index in [1.54, 1.807) is 0 Å². The largest absolute Gasteiger partial charge is 0.317 e. The second-order valence-corrected chi connectivity index (χ2v) is 5.01. The molecule has 76 valence electrons. The molecule has 0 radical (unpaired) electrons.